The zero-order valence-electron chi connectivity index (χ0n) is 12.0. The Labute approximate surface area is 124 Å². The molecular formula is C17H18N4. The molecule has 0 aliphatic heterocycles. The van der Waals surface area contributed by atoms with Crippen molar-refractivity contribution in [1.29, 1.82) is 0 Å². The summed E-state index contributed by atoms with van der Waals surface area (Å²) in [5, 5.41) is 4.41. The fourth-order valence-corrected chi connectivity index (χ4v) is 2.36. The van der Waals surface area contributed by atoms with Crippen LogP contribution in [0.1, 0.15) is 18.4 Å². The van der Waals surface area contributed by atoms with Crippen LogP contribution in [0.3, 0.4) is 0 Å². The van der Waals surface area contributed by atoms with Crippen molar-refractivity contribution in [3.63, 3.8) is 0 Å². The predicted molar refractivity (Wildman–Crippen MR) is 87.3 cm³/mol. The average Bonchev–Trinajstić information content (AvgIpc) is 2.53. The molecule has 4 heteroatoms. The molecule has 0 radical (unpaired) electrons. The molecule has 0 aliphatic carbocycles. The second-order valence-electron chi connectivity index (χ2n) is 5.19. The summed E-state index contributed by atoms with van der Waals surface area (Å²) in [6.07, 6.45) is 1.57. The van der Waals surface area contributed by atoms with E-state index in [4.69, 9.17) is 5.73 Å². The Morgan fingerprint density at radius 3 is 2.71 bits per heavy atom. The Morgan fingerprint density at radius 2 is 1.90 bits per heavy atom. The number of nitrogens with two attached hydrogens (primary N) is 1. The number of rotatable bonds is 4. The van der Waals surface area contributed by atoms with Crippen molar-refractivity contribution < 1.29 is 0 Å². The van der Waals surface area contributed by atoms with Gasteiger partial charge in [0.2, 0.25) is 0 Å². The van der Waals surface area contributed by atoms with Crippen LogP contribution < -0.4 is 11.1 Å². The van der Waals surface area contributed by atoms with Crippen LogP contribution >= 0.6 is 0 Å². The first kappa shape index (κ1) is 13.4. The molecule has 0 aliphatic rings. The number of anilines is 2. The number of nitrogens with zero attached hydrogens (tertiary/aromatic N) is 2. The third-order valence-corrected chi connectivity index (χ3v) is 3.60. The molecule has 0 saturated carbocycles. The highest BCUT2D eigenvalue weighted by molar-refractivity contribution is 5.90. The molecule has 0 bridgehead atoms. The first-order valence-corrected chi connectivity index (χ1v) is 7.03. The second-order valence-corrected chi connectivity index (χ2v) is 5.19. The minimum Gasteiger partial charge on any atom is -0.399 e. The first-order chi connectivity index (χ1) is 10.2. The molecular weight excluding hydrogens is 260 g/mol. The van der Waals surface area contributed by atoms with E-state index in [1.807, 2.05) is 24.3 Å². The lowest BCUT2D eigenvalue weighted by atomic mass is 10.0. The van der Waals surface area contributed by atoms with Gasteiger partial charge in [0, 0.05) is 17.6 Å². The summed E-state index contributed by atoms with van der Waals surface area (Å²) in [6.45, 7) is 3.02. The lowest BCUT2D eigenvalue weighted by Gasteiger charge is -2.14. The van der Waals surface area contributed by atoms with Gasteiger partial charge in [0.15, 0.2) is 0 Å². The summed E-state index contributed by atoms with van der Waals surface area (Å²) < 4.78 is 0. The maximum absolute atomic E-state index is 5.79. The van der Waals surface area contributed by atoms with Gasteiger partial charge in [-0.25, -0.2) is 9.97 Å². The fourth-order valence-electron chi connectivity index (χ4n) is 2.36. The van der Waals surface area contributed by atoms with Gasteiger partial charge in [-0.3, -0.25) is 0 Å². The molecule has 0 spiro atoms. The van der Waals surface area contributed by atoms with Gasteiger partial charge in [-0.2, -0.15) is 0 Å². The van der Waals surface area contributed by atoms with Gasteiger partial charge in [-0.1, -0.05) is 37.3 Å². The SMILES string of the molecule is CC(CNc1ncnc2cc(N)ccc12)c1ccccc1. The Bertz CT molecular complexity index is 740. The van der Waals surface area contributed by atoms with Crippen LogP contribution in [0.15, 0.2) is 54.9 Å². The lowest BCUT2D eigenvalue weighted by Crippen LogP contribution is -2.11. The van der Waals surface area contributed by atoms with Crippen molar-refractivity contribution >= 4 is 22.4 Å². The van der Waals surface area contributed by atoms with Crippen molar-refractivity contribution in [3.05, 3.63) is 60.4 Å². The number of hydrogen-bond donors (Lipinski definition) is 2. The molecule has 3 N–H and O–H groups in total. The first-order valence-electron chi connectivity index (χ1n) is 7.03. The number of fused-ring (bicyclic) bond motifs is 1. The molecule has 4 nitrogen and oxygen atoms in total. The van der Waals surface area contributed by atoms with Gasteiger partial charge >= 0.3 is 0 Å². The van der Waals surface area contributed by atoms with Gasteiger partial charge in [-0.15, -0.1) is 0 Å². The van der Waals surface area contributed by atoms with E-state index in [0.29, 0.717) is 11.6 Å². The third-order valence-electron chi connectivity index (χ3n) is 3.60. The van der Waals surface area contributed by atoms with E-state index >= 15 is 0 Å². The molecule has 3 aromatic rings. The van der Waals surface area contributed by atoms with E-state index < -0.39 is 0 Å². The minimum absolute atomic E-state index is 0.407. The van der Waals surface area contributed by atoms with Crippen LogP contribution in [0.5, 0.6) is 0 Å². The number of nitrogen functional groups attached to an aromatic ring is 1. The minimum atomic E-state index is 0.407. The maximum atomic E-state index is 5.79. The summed E-state index contributed by atoms with van der Waals surface area (Å²) in [7, 11) is 0. The number of aromatic nitrogens is 2. The smallest absolute Gasteiger partial charge is 0.137 e. The normalized spacial score (nSPS) is 12.2. The molecule has 0 fully saturated rings. The zero-order chi connectivity index (χ0) is 14.7. The Balaban J connectivity index is 1.79. The monoisotopic (exact) mass is 278 g/mol. The summed E-state index contributed by atoms with van der Waals surface area (Å²) in [5.41, 5.74) is 8.68. The fraction of sp³-hybridized carbons (Fsp3) is 0.176. The molecule has 1 heterocycles. The lowest BCUT2D eigenvalue weighted by molar-refractivity contribution is 0.802. The Kier molecular flexibility index (Phi) is 3.69. The number of nitrogens with one attached hydrogen (secondary N) is 1. The van der Waals surface area contributed by atoms with Crippen molar-refractivity contribution in [2.45, 2.75) is 12.8 Å². The zero-order valence-corrected chi connectivity index (χ0v) is 12.0. The van der Waals surface area contributed by atoms with Crippen LogP contribution in [0.4, 0.5) is 11.5 Å². The van der Waals surface area contributed by atoms with Crippen molar-refractivity contribution in [2.24, 2.45) is 0 Å². The Hall–Kier alpha value is -2.62. The summed E-state index contributed by atoms with van der Waals surface area (Å²) in [4.78, 5) is 8.60. The topological polar surface area (TPSA) is 63.8 Å². The van der Waals surface area contributed by atoms with Gasteiger partial charge in [0.1, 0.15) is 12.1 Å². The molecule has 1 atom stereocenters. The maximum Gasteiger partial charge on any atom is 0.137 e. The third kappa shape index (κ3) is 2.94. The quantitative estimate of drug-likeness (QED) is 0.718. The van der Waals surface area contributed by atoms with Gasteiger partial charge in [0.25, 0.3) is 0 Å². The van der Waals surface area contributed by atoms with E-state index in [9.17, 15) is 0 Å². The molecule has 1 aromatic heterocycles. The second kappa shape index (κ2) is 5.79. The van der Waals surface area contributed by atoms with Crippen molar-refractivity contribution in [2.75, 3.05) is 17.6 Å². The molecule has 2 aromatic carbocycles. The van der Waals surface area contributed by atoms with E-state index in [2.05, 4.69) is 46.5 Å². The molecule has 3 rings (SSSR count). The van der Waals surface area contributed by atoms with Gasteiger partial charge in [-0.05, 0) is 29.7 Å². The predicted octanol–water partition coefficient (Wildman–Crippen LogP) is 3.43. The average molecular weight is 278 g/mol. The highest BCUT2D eigenvalue weighted by Gasteiger charge is 2.07. The largest absolute Gasteiger partial charge is 0.399 e. The van der Waals surface area contributed by atoms with Crippen molar-refractivity contribution in [1.82, 2.24) is 9.97 Å². The van der Waals surface area contributed by atoms with Gasteiger partial charge < -0.3 is 11.1 Å². The molecule has 0 amide bonds. The van der Waals surface area contributed by atoms with E-state index in [0.717, 1.165) is 23.3 Å². The standard InChI is InChI=1S/C17H18N4/c1-12(13-5-3-2-4-6-13)10-19-17-15-8-7-14(18)9-16(15)20-11-21-17/h2-9,11-12H,10,18H2,1H3,(H,19,20,21). The van der Waals surface area contributed by atoms with Crippen LogP contribution in [0.25, 0.3) is 10.9 Å². The van der Waals surface area contributed by atoms with Crippen LogP contribution in [0, 0.1) is 0 Å². The highest BCUT2D eigenvalue weighted by Crippen LogP contribution is 2.22. The highest BCUT2D eigenvalue weighted by atomic mass is 15.0. The van der Waals surface area contributed by atoms with Crippen LogP contribution in [0.2, 0.25) is 0 Å². The molecule has 0 saturated heterocycles. The van der Waals surface area contributed by atoms with Crippen LogP contribution in [-0.2, 0) is 0 Å². The van der Waals surface area contributed by atoms with E-state index in [1.54, 1.807) is 6.33 Å². The van der Waals surface area contributed by atoms with Crippen molar-refractivity contribution in [3.8, 4) is 0 Å². The van der Waals surface area contributed by atoms with E-state index in [1.165, 1.54) is 5.56 Å². The number of hydrogen-bond acceptors (Lipinski definition) is 4. The molecule has 21 heavy (non-hydrogen) atoms. The summed E-state index contributed by atoms with van der Waals surface area (Å²) >= 11 is 0. The van der Waals surface area contributed by atoms with E-state index in [-0.39, 0.29) is 0 Å². The Morgan fingerprint density at radius 1 is 1.10 bits per heavy atom. The summed E-state index contributed by atoms with van der Waals surface area (Å²) in [6, 6.07) is 16.1. The number of benzene rings is 2. The van der Waals surface area contributed by atoms with Crippen LogP contribution in [-0.4, -0.2) is 16.5 Å². The summed E-state index contributed by atoms with van der Waals surface area (Å²) in [5.74, 6) is 1.26. The molecule has 106 valence electrons. The van der Waals surface area contributed by atoms with Gasteiger partial charge in [0.05, 0.1) is 5.52 Å². The molecule has 1 unspecified atom stereocenters.